The molecule has 2 unspecified atom stereocenters. The minimum Gasteiger partial charge on any atom is -0.444 e. The van der Waals surface area contributed by atoms with E-state index in [0.717, 1.165) is 24.7 Å². The fourth-order valence-corrected chi connectivity index (χ4v) is 3.38. The third-order valence-corrected chi connectivity index (χ3v) is 4.79. The van der Waals surface area contributed by atoms with Crippen LogP contribution in [0.2, 0.25) is 0 Å². The van der Waals surface area contributed by atoms with E-state index in [1.165, 1.54) is 0 Å². The number of unbranched alkanes of at least 4 members (excludes halogenated alkanes) is 1. The molecule has 3 atom stereocenters. The maximum Gasteiger partial charge on any atom is 0.410 e. The zero-order valence-electron chi connectivity index (χ0n) is 18.1. The molecule has 1 amide bonds. The van der Waals surface area contributed by atoms with E-state index in [-0.39, 0.29) is 18.2 Å². The van der Waals surface area contributed by atoms with Gasteiger partial charge in [-0.1, -0.05) is 50.1 Å². The molecule has 1 fully saturated rings. The Morgan fingerprint density at radius 2 is 2.00 bits per heavy atom. The molecule has 0 radical (unpaired) electrons. The molecule has 1 aromatic carbocycles. The number of nitrogens with zero attached hydrogens (tertiary/aromatic N) is 1. The lowest BCUT2D eigenvalue weighted by atomic mass is 10.1. The lowest BCUT2D eigenvalue weighted by Crippen LogP contribution is -2.42. The highest BCUT2D eigenvalue weighted by Crippen LogP contribution is 2.25. The number of benzene rings is 1. The van der Waals surface area contributed by atoms with Gasteiger partial charge in [-0.3, -0.25) is 0 Å². The molecule has 0 N–H and O–H groups in total. The number of aldehydes is 1. The van der Waals surface area contributed by atoms with Crippen LogP contribution in [0.1, 0.15) is 58.9 Å². The molecule has 6 heteroatoms. The fraction of sp³-hybridized carbons (Fsp3) is 0.652. The van der Waals surface area contributed by atoms with Crippen molar-refractivity contribution in [2.24, 2.45) is 0 Å². The molecule has 1 heterocycles. The van der Waals surface area contributed by atoms with Crippen LogP contribution in [-0.4, -0.2) is 54.3 Å². The van der Waals surface area contributed by atoms with Gasteiger partial charge in [0, 0.05) is 0 Å². The van der Waals surface area contributed by atoms with Crippen molar-refractivity contribution in [2.75, 3.05) is 13.2 Å². The van der Waals surface area contributed by atoms with Gasteiger partial charge in [0.05, 0.1) is 31.9 Å². The van der Waals surface area contributed by atoms with Crippen molar-refractivity contribution < 1.29 is 23.8 Å². The van der Waals surface area contributed by atoms with Crippen molar-refractivity contribution in [3.8, 4) is 0 Å². The van der Waals surface area contributed by atoms with E-state index in [0.29, 0.717) is 32.6 Å². The van der Waals surface area contributed by atoms with Crippen molar-refractivity contribution in [2.45, 2.75) is 83.8 Å². The summed E-state index contributed by atoms with van der Waals surface area (Å²) in [6.45, 7) is 8.93. The number of hydrogen-bond acceptors (Lipinski definition) is 5. The summed E-state index contributed by atoms with van der Waals surface area (Å²) < 4.78 is 17.4. The molecule has 29 heavy (non-hydrogen) atoms. The van der Waals surface area contributed by atoms with Crippen LogP contribution in [0, 0.1) is 0 Å². The minimum absolute atomic E-state index is 0.142. The zero-order valence-corrected chi connectivity index (χ0v) is 18.1. The molecule has 0 aromatic heterocycles. The fourth-order valence-electron chi connectivity index (χ4n) is 3.38. The summed E-state index contributed by atoms with van der Waals surface area (Å²) in [5, 5.41) is 0. The molecule has 1 aliphatic rings. The van der Waals surface area contributed by atoms with Crippen LogP contribution in [0.4, 0.5) is 4.79 Å². The van der Waals surface area contributed by atoms with Gasteiger partial charge in [0.25, 0.3) is 0 Å². The second-order valence-electron chi connectivity index (χ2n) is 8.60. The Kier molecular flexibility index (Phi) is 9.11. The van der Waals surface area contributed by atoms with E-state index in [1.807, 2.05) is 51.1 Å². The number of carbonyl (C=O) groups excluding carboxylic acids is 2. The highest BCUT2D eigenvalue weighted by molar-refractivity contribution is 5.69. The summed E-state index contributed by atoms with van der Waals surface area (Å²) in [4.78, 5) is 25.7. The lowest BCUT2D eigenvalue weighted by molar-refractivity contribution is -0.122. The number of likely N-dealkylation sites (tertiary alicyclic amines) is 1. The molecule has 0 spiro atoms. The quantitative estimate of drug-likeness (QED) is 0.541. The molecule has 6 nitrogen and oxygen atoms in total. The molecule has 1 saturated heterocycles. The number of hydrogen-bond donors (Lipinski definition) is 0. The van der Waals surface area contributed by atoms with Crippen molar-refractivity contribution >= 4 is 12.4 Å². The molecule has 2 rings (SSSR count). The Bertz CT molecular complexity index is 628. The van der Waals surface area contributed by atoms with Crippen molar-refractivity contribution in [3.05, 3.63) is 35.9 Å². The summed E-state index contributed by atoms with van der Waals surface area (Å²) in [5.74, 6) is 0. The van der Waals surface area contributed by atoms with Crippen molar-refractivity contribution in [3.63, 3.8) is 0 Å². The Hall–Kier alpha value is -1.92. The maximum absolute atomic E-state index is 12.7. The van der Waals surface area contributed by atoms with Gasteiger partial charge in [0.2, 0.25) is 0 Å². The molecule has 162 valence electrons. The third kappa shape index (κ3) is 8.15. The number of amides is 1. The summed E-state index contributed by atoms with van der Waals surface area (Å²) in [6, 6.07) is 9.79. The lowest BCUT2D eigenvalue weighted by Gasteiger charge is -2.28. The van der Waals surface area contributed by atoms with Crippen LogP contribution in [-0.2, 0) is 25.6 Å². The van der Waals surface area contributed by atoms with Gasteiger partial charge >= 0.3 is 6.09 Å². The van der Waals surface area contributed by atoms with Gasteiger partial charge < -0.3 is 23.9 Å². The van der Waals surface area contributed by atoms with Gasteiger partial charge in [-0.2, -0.15) is 0 Å². The number of rotatable bonds is 10. The molecule has 1 aromatic rings. The average molecular weight is 406 g/mol. The predicted molar refractivity (Wildman–Crippen MR) is 112 cm³/mol. The van der Waals surface area contributed by atoms with E-state index in [9.17, 15) is 9.59 Å². The summed E-state index contributed by atoms with van der Waals surface area (Å²) in [6.07, 6.45) is 3.17. The van der Waals surface area contributed by atoms with Crippen molar-refractivity contribution in [1.82, 2.24) is 4.90 Å². The first-order chi connectivity index (χ1) is 13.8. The third-order valence-electron chi connectivity index (χ3n) is 4.79. The molecule has 1 aliphatic heterocycles. The zero-order chi connectivity index (χ0) is 21.3. The van der Waals surface area contributed by atoms with Crippen LogP contribution in [0.15, 0.2) is 30.3 Å². The van der Waals surface area contributed by atoms with Crippen LogP contribution in [0.3, 0.4) is 0 Å². The number of carbonyl (C=O) groups is 2. The number of ether oxygens (including phenoxy) is 3. The molecular formula is C23H35NO5. The standard InChI is InChI=1S/C23H35NO5/c1-5-6-12-20(15-25)28-21-13-19(17-27-16-18-10-8-7-9-11-18)24(14-21)22(26)29-23(2,3)4/h7-11,15,19-21H,5-6,12-14,16-17H2,1-4H3/t19-,20?,21?/m1/s1. The molecule has 0 saturated carbocycles. The average Bonchev–Trinajstić information content (AvgIpc) is 3.07. The van der Waals surface area contributed by atoms with Crippen LogP contribution >= 0.6 is 0 Å². The Morgan fingerprint density at radius 3 is 2.62 bits per heavy atom. The molecular weight excluding hydrogens is 370 g/mol. The largest absolute Gasteiger partial charge is 0.444 e. The minimum atomic E-state index is -0.571. The van der Waals surface area contributed by atoms with E-state index in [2.05, 4.69) is 6.92 Å². The van der Waals surface area contributed by atoms with E-state index >= 15 is 0 Å². The molecule has 0 aliphatic carbocycles. The first-order valence-electron chi connectivity index (χ1n) is 10.5. The van der Waals surface area contributed by atoms with Crippen LogP contribution in [0.5, 0.6) is 0 Å². The van der Waals surface area contributed by atoms with E-state index in [1.54, 1.807) is 4.90 Å². The summed E-state index contributed by atoms with van der Waals surface area (Å²) in [7, 11) is 0. The second kappa shape index (κ2) is 11.3. The summed E-state index contributed by atoms with van der Waals surface area (Å²) in [5.41, 5.74) is 0.514. The molecule has 0 bridgehead atoms. The van der Waals surface area contributed by atoms with Gasteiger partial charge in [0.1, 0.15) is 18.0 Å². The van der Waals surface area contributed by atoms with Crippen LogP contribution < -0.4 is 0 Å². The van der Waals surface area contributed by atoms with Gasteiger partial charge in [0.15, 0.2) is 0 Å². The highest BCUT2D eigenvalue weighted by atomic mass is 16.6. The first-order valence-corrected chi connectivity index (χ1v) is 10.5. The van der Waals surface area contributed by atoms with Gasteiger partial charge in [-0.15, -0.1) is 0 Å². The second-order valence-corrected chi connectivity index (χ2v) is 8.60. The van der Waals surface area contributed by atoms with Crippen molar-refractivity contribution in [1.29, 1.82) is 0 Å². The smallest absolute Gasteiger partial charge is 0.410 e. The monoisotopic (exact) mass is 405 g/mol. The SMILES string of the molecule is CCCCC(C=O)OC1C[C@H](COCc2ccccc2)N(C(=O)OC(C)(C)C)C1. The summed E-state index contributed by atoms with van der Waals surface area (Å²) >= 11 is 0. The van der Waals surface area contributed by atoms with E-state index in [4.69, 9.17) is 14.2 Å². The van der Waals surface area contributed by atoms with Gasteiger partial charge in [-0.25, -0.2) is 4.79 Å². The topological polar surface area (TPSA) is 65.1 Å². The Labute approximate surface area is 174 Å². The first kappa shape index (κ1) is 23.4. The Morgan fingerprint density at radius 1 is 1.28 bits per heavy atom. The highest BCUT2D eigenvalue weighted by Gasteiger charge is 2.39. The van der Waals surface area contributed by atoms with Gasteiger partial charge in [-0.05, 0) is 39.2 Å². The normalized spacial score (nSPS) is 20.5. The van der Waals surface area contributed by atoms with Crippen LogP contribution in [0.25, 0.3) is 0 Å². The Balaban J connectivity index is 1.97. The predicted octanol–water partition coefficient (Wildman–Crippen LogP) is 4.36. The van der Waals surface area contributed by atoms with E-state index < -0.39 is 11.7 Å². The maximum atomic E-state index is 12.7.